The summed E-state index contributed by atoms with van der Waals surface area (Å²) >= 11 is 0. The lowest BCUT2D eigenvalue weighted by atomic mass is 9.98. The van der Waals surface area contributed by atoms with Crippen LogP contribution in [0.4, 0.5) is 5.69 Å². The predicted octanol–water partition coefficient (Wildman–Crippen LogP) is 4.39. The van der Waals surface area contributed by atoms with E-state index in [4.69, 9.17) is 4.99 Å². The molecule has 0 unspecified atom stereocenters. The number of rotatable bonds is 7. The first kappa shape index (κ1) is 23.6. The Labute approximate surface area is 223 Å². The SMILES string of the molecule is Cc1cc(-c2cccc(NC(=O)C3CC3)c2)ccc1C1=NC2(CC2)C(=O)N1C[C@@H]1CCN(C(=O)C2CC2)C1. The minimum atomic E-state index is -0.559. The van der Waals surface area contributed by atoms with Crippen molar-refractivity contribution < 1.29 is 14.4 Å². The Bertz CT molecular complexity index is 1370. The minimum absolute atomic E-state index is 0.106. The van der Waals surface area contributed by atoms with Crippen molar-refractivity contribution in [1.82, 2.24) is 9.80 Å². The van der Waals surface area contributed by atoms with Gasteiger partial charge in [-0.2, -0.15) is 0 Å². The lowest BCUT2D eigenvalue weighted by molar-refractivity contribution is -0.131. The number of benzene rings is 2. The summed E-state index contributed by atoms with van der Waals surface area (Å²) in [6, 6.07) is 14.3. The molecule has 3 amide bonds. The average molecular weight is 511 g/mol. The zero-order valence-corrected chi connectivity index (χ0v) is 21.9. The van der Waals surface area contributed by atoms with Crippen molar-refractivity contribution in [2.24, 2.45) is 22.7 Å². The summed E-state index contributed by atoms with van der Waals surface area (Å²) in [6.07, 6.45) is 6.59. The molecule has 2 aromatic carbocycles. The first-order valence-electron chi connectivity index (χ1n) is 14.1. The number of carbonyl (C=O) groups is 3. The summed E-state index contributed by atoms with van der Waals surface area (Å²) in [4.78, 5) is 47.2. The number of amidine groups is 1. The minimum Gasteiger partial charge on any atom is -0.342 e. The van der Waals surface area contributed by atoms with Gasteiger partial charge < -0.3 is 10.2 Å². The maximum absolute atomic E-state index is 13.5. The number of hydrogen-bond acceptors (Lipinski definition) is 4. The zero-order valence-electron chi connectivity index (χ0n) is 21.9. The van der Waals surface area contributed by atoms with Crippen LogP contribution in [-0.4, -0.2) is 58.5 Å². The van der Waals surface area contributed by atoms with Gasteiger partial charge in [-0.1, -0.05) is 30.3 Å². The predicted molar refractivity (Wildman–Crippen MR) is 146 cm³/mol. The van der Waals surface area contributed by atoms with E-state index in [1.807, 2.05) is 28.0 Å². The molecule has 1 spiro atoms. The lowest BCUT2D eigenvalue weighted by Crippen LogP contribution is -2.41. The van der Waals surface area contributed by atoms with Gasteiger partial charge >= 0.3 is 0 Å². The Hall–Kier alpha value is -3.48. The third-order valence-electron chi connectivity index (χ3n) is 8.79. The van der Waals surface area contributed by atoms with Gasteiger partial charge in [0.2, 0.25) is 11.8 Å². The van der Waals surface area contributed by atoms with Crippen LogP contribution in [0, 0.1) is 24.7 Å². The van der Waals surface area contributed by atoms with E-state index < -0.39 is 5.54 Å². The van der Waals surface area contributed by atoms with Crippen molar-refractivity contribution in [3.63, 3.8) is 0 Å². The molecule has 0 aromatic heterocycles. The van der Waals surface area contributed by atoms with E-state index in [-0.39, 0.29) is 29.6 Å². The van der Waals surface area contributed by atoms with Crippen LogP contribution in [0.5, 0.6) is 0 Å². The van der Waals surface area contributed by atoms with Crippen LogP contribution in [0.1, 0.15) is 56.1 Å². The third-order valence-corrected chi connectivity index (χ3v) is 8.79. The van der Waals surface area contributed by atoms with E-state index in [1.54, 1.807) is 0 Å². The van der Waals surface area contributed by atoms with Crippen molar-refractivity contribution in [3.05, 3.63) is 53.6 Å². The molecule has 0 radical (unpaired) electrons. The largest absolute Gasteiger partial charge is 0.342 e. The molecule has 4 fully saturated rings. The molecule has 1 atom stereocenters. The molecule has 2 aliphatic heterocycles. The van der Waals surface area contributed by atoms with Gasteiger partial charge in [-0.3, -0.25) is 24.3 Å². The van der Waals surface area contributed by atoms with Crippen LogP contribution < -0.4 is 5.32 Å². The van der Waals surface area contributed by atoms with Crippen LogP contribution in [0.15, 0.2) is 47.5 Å². The lowest BCUT2D eigenvalue weighted by Gasteiger charge is -2.24. The Kier molecular flexibility index (Phi) is 5.46. The monoisotopic (exact) mass is 510 g/mol. The average Bonchev–Trinajstić information content (AvgIpc) is 3.79. The summed E-state index contributed by atoms with van der Waals surface area (Å²) in [5, 5.41) is 3.04. The second kappa shape index (κ2) is 8.79. The van der Waals surface area contributed by atoms with E-state index in [2.05, 4.69) is 36.5 Å². The highest BCUT2D eigenvalue weighted by Crippen LogP contribution is 2.46. The van der Waals surface area contributed by atoms with Crippen LogP contribution in [0.25, 0.3) is 11.1 Å². The maximum atomic E-state index is 13.5. The molecule has 7 rings (SSSR count). The van der Waals surface area contributed by atoms with Gasteiger partial charge in [-0.05, 0) is 86.6 Å². The van der Waals surface area contributed by atoms with Crippen molar-refractivity contribution in [1.29, 1.82) is 0 Å². The number of carbonyl (C=O) groups excluding carboxylic acids is 3. The summed E-state index contributed by atoms with van der Waals surface area (Å²) in [6.45, 7) is 4.24. The summed E-state index contributed by atoms with van der Waals surface area (Å²) in [5.41, 5.74) is 4.43. The van der Waals surface area contributed by atoms with E-state index in [1.165, 1.54) is 0 Å². The Balaban J connectivity index is 1.11. The molecule has 196 valence electrons. The van der Waals surface area contributed by atoms with Gasteiger partial charge in [-0.15, -0.1) is 0 Å². The standard InChI is InChI=1S/C31H34N4O3/c1-19-15-24(23-3-2-4-25(16-23)32-28(36)21-5-6-21)9-10-26(19)27-33-31(12-13-31)30(38)35(27)18-20-11-14-34(17-20)29(37)22-7-8-22/h2-4,9-10,15-16,20-22H,5-8,11-14,17-18H2,1H3,(H,32,36)/t20-/m1/s1. The molecule has 1 N–H and O–H groups in total. The highest BCUT2D eigenvalue weighted by molar-refractivity contribution is 6.17. The van der Waals surface area contributed by atoms with Gasteiger partial charge in [0.25, 0.3) is 5.91 Å². The number of nitrogens with one attached hydrogen (secondary N) is 1. The third kappa shape index (κ3) is 4.32. The van der Waals surface area contributed by atoms with Gasteiger partial charge in [0.1, 0.15) is 11.4 Å². The fourth-order valence-electron chi connectivity index (χ4n) is 5.97. The van der Waals surface area contributed by atoms with Crippen LogP contribution in [0.2, 0.25) is 0 Å². The highest BCUT2D eigenvalue weighted by Gasteiger charge is 2.57. The Morgan fingerprint density at radius 1 is 1.00 bits per heavy atom. The molecule has 5 aliphatic rings. The summed E-state index contributed by atoms with van der Waals surface area (Å²) < 4.78 is 0. The second-order valence-electron chi connectivity index (χ2n) is 12.0. The van der Waals surface area contributed by atoms with E-state index in [0.29, 0.717) is 12.5 Å². The van der Waals surface area contributed by atoms with E-state index in [9.17, 15) is 14.4 Å². The van der Waals surface area contributed by atoms with Crippen molar-refractivity contribution >= 4 is 29.2 Å². The van der Waals surface area contributed by atoms with Gasteiger partial charge in [0, 0.05) is 42.7 Å². The van der Waals surface area contributed by atoms with Crippen molar-refractivity contribution in [3.8, 4) is 11.1 Å². The molecule has 7 heteroatoms. The normalized spacial score (nSPS) is 23.7. The Morgan fingerprint density at radius 3 is 2.47 bits per heavy atom. The number of aliphatic imine (C=N–C) groups is 1. The summed E-state index contributed by atoms with van der Waals surface area (Å²) in [7, 11) is 0. The molecule has 38 heavy (non-hydrogen) atoms. The molecule has 7 nitrogen and oxygen atoms in total. The molecule has 2 aromatic rings. The number of aryl methyl sites for hydroxylation is 1. The number of likely N-dealkylation sites (tertiary alicyclic amines) is 1. The first-order chi connectivity index (χ1) is 18.4. The number of amides is 3. The fraction of sp³-hybridized carbons (Fsp3) is 0.484. The fourth-order valence-corrected chi connectivity index (χ4v) is 5.97. The van der Waals surface area contributed by atoms with E-state index in [0.717, 1.165) is 91.8 Å². The van der Waals surface area contributed by atoms with Gasteiger partial charge in [0.05, 0.1) is 0 Å². The van der Waals surface area contributed by atoms with Crippen molar-refractivity contribution in [2.45, 2.75) is 57.4 Å². The molecular weight excluding hydrogens is 476 g/mol. The molecule has 3 aliphatic carbocycles. The maximum Gasteiger partial charge on any atom is 0.256 e. The molecular formula is C31H34N4O3. The summed E-state index contributed by atoms with van der Waals surface area (Å²) in [5.74, 6) is 2.01. The van der Waals surface area contributed by atoms with Gasteiger partial charge in [0.15, 0.2) is 0 Å². The number of hydrogen-bond donors (Lipinski definition) is 1. The van der Waals surface area contributed by atoms with Gasteiger partial charge in [-0.25, -0.2) is 0 Å². The first-order valence-corrected chi connectivity index (χ1v) is 14.1. The second-order valence-corrected chi connectivity index (χ2v) is 12.0. The smallest absolute Gasteiger partial charge is 0.256 e. The van der Waals surface area contributed by atoms with E-state index >= 15 is 0 Å². The zero-order chi connectivity index (χ0) is 26.0. The molecule has 3 saturated carbocycles. The van der Waals surface area contributed by atoms with Crippen LogP contribution in [0.3, 0.4) is 0 Å². The molecule has 1 saturated heterocycles. The quantitative estimate of drug-likeness (QED) is 0.600. The van der Waals surface area contributed by atoms with Crippen molar-refractivity contribution in [2.75, 3.05) is 25.0 Å². The molecule has 0 bridgehead atoms. The number of anilines is 1. The van der Waals surface area contributed by atoms with Crippen LogP contribution in [-0.2, 0) is 14.4 Å². The van der Waals surface area contributed by atoms with Crippen LogP contribution >= 0.6 is 0 Å². The highest BCUT2D eigenvalue weighted by atomic mass is 16.2. The topological polar surface area (TPSA) is 82.1 Å². The molecule has 2 heterocycles. The Morgan fingerprint density at radius 2 is 1.76 bits per heavy atom. The number of nitrogens with zero attached hydrogens (tertiary/aromatic N) is 3.